The zero-order valence-corrected chi connectivity index (χ0v) is 18.3. The predicted octanol–water partition coefficient (Wildman–Crippen LogP) is 3.50. The number of amides is 2. The number of aromatic nitrogens is 1. The van der Waals surface area contributed by atoms with Crippen LogP contribution in [0.1, 0.15) is 29.7 Å². The van der Waals surface area contributed by atoms with Gasteiger partial charge in [-0.05, 0) is 30.2 Å². The molecule has 2 aliphatic heterocycles. The highest BCUT2D eigenvalue weighted by atomic mass is 35.5. The maximum atomic E-state index is 13.7. The lowest BCUT2D eigenvalue weighted by Gasteiger charge is -2.51. The Bertz CT molecular complexity index is 1190. The first-order valence-corrected chi connectivity index (χ1v) is 10.8. The van der Waals surface area contributed by atoms with Gasteiger partial charge in [-0.25, -0.2) is 0 Å². The molecule has 0 spiro atoms. The molecular formula is C24H24ClN3O3. The topological polar surface area (TPSA) is 65.6 Å². The largest absolute Gasteiger partial charge is 0.383 e. The predicted molar refractivity (Wildman–Crippen MR) is 119 cm³/mol. The number of benzene rings is 2. The molecule has 0 aliphatic carbocycles. The Morgan fingerprint density at radius 2 is 1.90 bits per heavy atom. The number of para-hydroxylation sites is 1. The Labute approximate surface area is 185 Å². The Morgan fingerprint density at radius 1 is 1.16 bits per heavy atom. The van der Waals surface area contributed by atoms with Gasteiger partial charge in [-0.1, -0.05) is 48.0 Å². The minimum Gasteiger partial charge on any atom is -0.383 e. The normalized spacial score (nSPS) is 23.3. The quantitative estimate of drug-likeness (QED) is 0.679. The number of nitrogens with zero attached hydrogens (tertiary/aromatic N) is 2. The number of carbonyl (C=O) groups is 2. The monoisotopic (exact) mass is 437 g/mol. The minimum atomic E-state index is -1.10. The number of halogens is 1. The van der Waals surface area contributed by atoms with Crippen molar-refractivity contribution in [2.75, 3.05) is 33.4 Å². The van der Waals surface area contributed by atoms with Gasteiger partial charge in [0.25, 0.3) is 5.91 Å². The summed E-state index contributed by atoms with van der Waals surface area (Å²) >= 11 is 6.59. The van der Waals surface area contributed by atoms with Crippen molar-refractivity contribution in [2.24, 2.45) is 0 Å². The van der Waals surface area contributed by atoms with Crippen LogP contribution in [0.3, 0.4) is 0 Å². The summed E-state index contributed by atoms with van der Waals surface area (Å²) in [5.74, 6) is -0.288. The van der Waals surface area contributed by atoms with Crippen LogP contribution in [0.25, 0.3) is 10.9 Å². The first-order valence-electron chi connectivity index (χ1n) is 10.4. The molecule has 0 bridgehead atoms. The lowest BCUT2D eigenvalue weighted by atomic mass is 9.76. The van der Waals surface area contributed by atoms with Gasteiger partial charge in [-0.15, -0.1) is 0 Å². The molecule has 0 radical (unpaired) electrons. The molecule has 2 aliphatic rings. The average molecular weight is 438 g/mol. The SMILES string of the molecule is COCCN1CC(=O)N2CC(c3ccccc3Cl)c3c([nH]c4ccccc34)C2(C)C1=O. The fraction of sp³-hybridized carbons (Fsp3) is 0.333. The van der Waals surface area contributed by atoms with E-state index in [-0.39, 0.29) is 24.3 Å². The number of ether oxygens (including phenoxy) is 1. The summed E-state index contributed by atoms with van der Waals surface area (Å²) in [6.45, 7) is 3.08. The van der Waals surface area contributed by atoms with Crippen LogP contribution < -0.4 is 0 Å². The second-order valence-electron chi connectivity index (χ2n) is 8.33. The van der Waals surface area contributed by atoms with Crippen molar-refractivity contribution in [2.45, 2.75) is 18.4 Å². The standard InChI is InChI=1S/C24H24ClN3O3/c1-24-22-21(16-8-4-6-10-19(16)26-22)17(15-7-3-5-9-18(15)25)13-28(24)20(29)14-27(23(24)30)11-12-31-2/h3-10,17,26H,11-14H2,1-2H3. The Hall–Kier alpha value is -2.83. The molecule has 6 nitrogen and oxygen atoms in total. The maximum absolute atomic E-state index is 13.7. The van der Waals surface area contributed by atoms with Gasteiger partial charge in [0.1, 0.15) is 0 Å². The van der Waals surface area contributed by atoms with Crippen molar-refractivity contribution in [1.29, 1.82) is 0 Å². The number of hydrogen-bond acceptors (Lipinski definition) is 3. The Morgan fingerprint density at radius 3 is 2.68 bits per heavy atom. The third-order valence-corrected chi connectivity index (χ3v) is 7.01. The van der Waals surface area contributed by atoms with E-state index in [1.807, 2.05) is 49.4 Å². The summed E-state index contributed by atoms with van der Waals surface area (Å²) in [4.78, 5) is 33.8. The van der Waals surface area contributed by atoms with E-state index in [9.17, 15) is 9.59 Å². The Kier molecular flexibility index (Phi) is 4.79. The van der Waals surface area contributed by atoms with Gasteiger partial charge >= 0.3 is 0 Å². The van der Waals surface area contributed by atoms with Gasteiger partial charge in [0.05, 0.1) is 18.8 Å². The highest BCUT2D eigenvalue weighted by molar-refractivity contribution is 6.31. The van der Waals surface area contributed by atoms with Gasteiger partial charge in [0.2, 0.25) is 5.91 Å². The molecule has 31 heavy (non-hydrogen) atoms. The van der Waals surface area contributed by atoms with Crippen LogP contribution in [0.15, 0.2) is 48.5 Å². The van der Waals surface area contributed by atoms with Gasteiger partial charge in [0.15, 0.2) is 5.54 Å². The molecule has 1 saturated heterocycles. The number of fused-ring (bicyclic) bond motifs is 5. The fourth-order valence-electron chi connectivity index (χ4n) is 5.10. The van der Waals surface area contributed by atoms with E-state index in [4.69, 9.17) is 16.3 Å². The number of aromatic amines is 1. The number of nitrogens with one attached hydrogen (secondary N) is 1. The third-order valence-electron chi connectivity index (χ3n) is 6.66. The second-order valence-corrected chi connectivity index (χ2v) is 8.74. The van der Waals surface area contributed by atoms with Crippen LogP contribution >= 0.6 is 11.6 Å². The van der Waals surface area contributed by atoms with E-state index in [0.29, 0.717) is 24.7 Å². The van der Waals surface area contributed by atoms with Crippen LogP contribution in [0.4, 0.5) is 0 Å². The summed E-state index contributed by atoms with van der Waals surface area (Å²) in [6, 6.07) is 15.8. The molecule has 0 saturated carbocycles. The fourth-order valence-corrected chi connectivity index (χ4v) is 5.36. The summed E-state index contributed by atoms with van der Waals surface area (Å²) in [7, 11) is 1.59. The van der Waals surface area contributed by atoms with Crippen LogP contribution in [0, 0.1) is 0 Å². The molecule has 2 unspecified atom stereocenters. The van der Waals surface area contributed by atoms with Crippen molar-refractivity contribution >= 4 is 34.3 Å². The van der Waals surface area contributed by atoms with Crippen LogP contribution in [0.5, 0.6) is 0 Å². The zero-order chi connectivity index (χ0) is 21.8. The first-order chi connectivity index (χ1) is 15.0. The molecule has 160 valence electrons. The Balaban J connectivity index is 1.74. The molecular weight excluding hydrogens is 414 g/mol. The minimum absolute atomic E-state index is 0.0581. The molecule has 2 amide bonds. The number of rotatable bonds is 4. The second kappa shape index (κ2) is 7.39. The molecule has 2 atom stereocenters. The number of piperazine rings is 1. The van der Waals surface area contributed by atoms with Crippen molar-refractivity contribution in [3.8, 4) is 0 Å². The lowest BCUT2D eigenvalue weighted by molar-refractivity contribution is -0.166. The van der Waals surface area contributed by atoms with Gasteiger partial charge in [-0.3, -0.25) is 9.59 Å². The molecule has 2 aromatic carbocycles. The summed E-state index contributed by atoms with van der Waals surface area (Å²) in [5.41, 5.74) is 2.61. The summed E-state index contributed by atoms with van der Waals surface area (Å²) in [5, 5.41) is 1.71. The highest BCUT2D eigenvalue weighted by Gasteiger charge is 2.56. The number of methoxy groups -OCH3 is 1. The van der Waals surface area contributed by atoms with Crippen LogP contribution in [0.2, 0.25) is 5.02 Å². The van der Waals surface area contributed by atoms with Gasteiger partial charge in [0, 0.05) is 42.0 Å². The van der Waals surface area contributed by atoms with E-state index in [1.54, 1.807) is 16.9 Å². The van der Waals surface area contributed by atoms with E-state index >= 15 is 0 Å². The van der Waals surface area contributed by atoms with E-state index in [0.717, 1.165) is 27.7 Å². The van der Waals surface area contributed by atoms with E-state index in [2.05, 4.69) is 11.1 Å². The van der Waals surface area contributed by atoms with E-state index < -0.39 is 5.54 Å². The van der Waals surface area contributed by atoms with Gasteiger partial charge in [-0.2, -0.15) is 0 Å². The number of H-pyrrole nitrogens is 1. The van der Waals surface area contributed by atoms with E-state index in [1.165, 1.54) is 0 Å². The van der Waals surface area contributed by atoms with Crippen LogP contribution in [-0.4, -0.2) is 59.9 Å². The maximum Gasteiger partial charge on any atom is 0.255 e. The first kappa shape index (κ1) is 20.1. The summed E-state index contributed by atoms with van der Waals surface area (Å²) < 4.78 is 5.16. The van der Waals surface area contributed by atoms with Crippen molar-refractivity contribution in [1.82, 2.24) is 14.8 Å². The molecule has 7 heteroatoms. The molecule has 1 N–H and O–H groups in total. The van der Waals surface area contributed by atoms with Crippen molar-refractivity contribution < 1.29 is 14.3 Å². The number of carbonyl (C=O) groups excluding carboxylic acids is 2. The van der Waals surface area contributed by atoms with Crippen molar-refractivity contribution in [3.63, 3.8) is 0 Å². The highest BCUT2D eigenvalue weighted by Crippen LogP contribution is 2.48. The zero-order valence-electron chi connectivity index (χ0n) is 17.5. The number of hydrogen-bond donors (Lipinski definition) is 1. The molecule has 3 heterocycles. The third kappa shape index (κ3) is 2.89. The molecule has 1 aromatic heterocycles. The molecule has 5 rings (SSSR count). The lowest BCUT2D eigenvalue weighted by Crippen LogP contribution is -2.67. The average Bonchev–Trinajstić information content (AvgIpc) is 3.17. The molecule has 1 fully saturated rings. The van der Waals surface area contributed by atoms with Gasteiger partial charge < -0.3 is 19.5 Å². The smallest absolute Gasteiger partial charge is 0.255 e. The molecule has 3 aromatic rings. The van der Waals surface area contributed by atoms with Crippen molar-refractivity contribution in [3.05, 3.63) is 70.4 Å². The summed E-state index contributed by atoms with van der Waals surface area (Å²) in [6.07, 6.45) is 0. The van der Waals surface area contributed by atoms with Crippen LogP contribution in [-0.2, 0) is 19.9 Å².